The molecule has 0 aliphatic carbocycles. The van der Waals surface area contributed by atoms with Gasteiger partial charge in [-0.2, -0.15) is 0 Å². The molecule has 0 amide bonds. The van der Waals surface area contributed by atoms with Crippen molar-refractivity contribution in [3.05, 3.63) is 36.3 Å². The average molecular weight is 157 g/mol. The topological polar surface area (TPSA) is 9.23 Å². The zero-order chi connectivity index (χ0) is 8.43. The molecule has 0 N–H and O–H groups in total. The predicted molar refractivity (Wildman–Crippen MR) is 37.4 cm³/mol. The number of hydrogen-bond donors (Lipinski definition) is 0. The Morgan fingerprint density at radius 1 is 1.36 bits per heavy atom. The Morgan fingerprint density at radius 3 is 2.55 bits per heavy atom. The van der Waals surface area contributed by atoms with Gasteiger partial charge in [-0.3, -0.25) is 0 Å². The minimum absolute atomic E-state index is 0.0106. The van der Waals surface area contributed by atoms with Gasteiger partial charge in [0.25, 0.3) is 0 Å². The zero-order valence-corrected chi connectivity index (χ0v) is 6.03. The average Bonchev–Trinajstić information content (AvgIpc) is 2.01. The number of rotatable bonds is 1. The molecule has 11 heavy (non-hydrogen) atoms. The molecule has 1 nitrogen and oxygen atoms in total. The molecule has 1 aromatic rings. The Morgan fingerprint density at radius 2 is 2.00 bits per heavy atom. The third-order valence-electron chi connectivity index (χ3n) is 1.37. The first-order chi connectivity index (χ1) is 5.16. The maximum absolute atomic E-state index is 12.8. The molecule has 0 saturated heterocycles. The fourth-order valence-electron chi connectivity index (χ4n) is 0.734. The lowest BCUT2D eigenvalue weighted by atomic mass is 10.2. The van der Waals surface area contributed by atoms with Crippen LogP contribution < -0.4 is 4.74 Å². The van der Waals surface area contributed by atoms with Crippen LogP contribution in [0.4, 0.5) is 8.78 Å². The van der Waals surface area contributed by atoms with Crippen LogP contribution in [0, 0.1) is 18.6 Å². The first kappa shape index (κ1) is 7.98. The molecule has 1 radical (unpaired) electrons. The van der Waals surface area contributed by atoms with E-state index in [0.717, 1.165) is 6.07 Å². The van der Waals surface area contributed by atoms with Gasteiger partial charge in [-0.25, -0.2) is 8.78 Å². The van der Waals surface area contributed by atoms with Gasteiger partial charge in [-0.1, -0.05) is 0 Å². The Bertz CT molecular complexity index is 271. The number of hydrogen-bond acceptors (Lipinski definition) is 1. The third kappa shape index (κ3) is 1.31. The summed E-state index contributed by atoms with van der Waals surface area (Å²) >= 11 is 0. The molecule has 0 aliphatic heterocycles. The number of halogens is 2. The van der Waals surface area contributed by atoms with Crippen molar-refractivity contribution in [2.24, 2.45) is 0 Å². The summed E-state index contributed by atoms with van der Waals surface area (Å²) < 4.78 is 30.0. The molecule has 1 rings (SSSR count). The molecule has 0 fully saturated rings. The van der Waals surface area contributed by atoms with Gasteiger partial charge in [0.05, 0.1) is 7.11 Å². The van der Waals surface area contributed by atoms with E-state index < -0.39 is 11.6 Å². The Hall–Kier alpha value is -1.12. The molecular formula is C8H7F2O. The summed E-state index contributed by atoms with van der Waals surface area (Å²) in [6.45, 7) is 3.20. The second-order valence-corrected chi connectivity index (χ2v) is 2.04. The molecule has 59 valence electrons. The van der Waals surface area contributed by atoms with E-state index in [0.29, 0.717) is 0 Å². The second-order valence-electron chi connectivity index (χ2n) is 2.04. The molecule has 0 aromatic heterocycles. The van der Waals surface area contributed by atoms with E-state index in [1.807, 2.05) is 0 Å². The van der Waals surface area contributed by atoms with Crippen molar-refractivity contribution in [3.8, 4) is 5.75 Å². The summed E-state index contributed by atoms with van der Waals surface area (Å²) in [6, 6.07) is 2.34. The third-order valence-corrected chi connectivity index (χ3v) is 1.37. The van der Waals surface area contributed by atoms with Crippen molar-refractivity contribution in [2.45, 2.75) is 0 Å². The molecule has 0 unspecified atom stereocenters. The largest absolute Gasteiger partial charge is 0.494 e. The van der Waals surface area contributed by atoms with E-state index in [-0.39, 0.29) is 11.3 Å². The van der Waals surface area contributed by atoms with Crippen LogP contribution >= 0.6 is 0 Å². The van der Waals surface area contributed by atoms with Crippen molar-refractivity contribution < 1.29 is 13.5 Å². The van der Waals surface area contributed by atoms with Crippen LogP contribution in [0.2, 0.25) is 0 Å². The Kier molecular flexibility index (Phi) is 2.08. The summed E-state index contributed by atoms with van der Waals surface area (Å²) in [6.07, 6.45) is 0. The summed E-state index contributed by atoms with van der Waals surface area (Å²) in [5.41, 5.74) is -0.260. The molecule has 0 heterocycles. The monoisotopic (exact) mass is 157 g/mol. The van der Waals surface area contributed by atoms with Gasteiger partial charge in [0.15, 0.2) is 11.6 Å². The van der Waals surface area contributed by atoms with E-state index in [2.05, 4.69) is 11.7 Å². The molecule has 0 spiro atoms. The van der Waals surface area contributed by atoms with Crippen LogP contribution in [-0.2, 0) is 0 Å². The highest BCUT2D eigenvalue weighted by molar-refractivity contribution is 5.33. The SMILES string of the molecule is [CH2]c1c(F)ccc(OC)c1F. The molecule has 0 aliphatic rings. The smallest absolute Gasteiger partial charge is 0.171 e. The zero-order valence-electron chi connectivity index (χ0n) is 6.03. The predicted octanol–water partition coefficient (Wildman–Crippen LogP) is 2.16. The molecule has 1 aromatic carbocycles. The lowest BCUT2D eigenvalue weighted by Gasteiger charge is -2.03. The molecule has 0 atom stereocenters. The van der Waals surface area contributed by atoms with Crippen LogP contribution in [0.25, 0.3) is 0 Å². The van der Waals surface area contributed by atoms with Crippen LogP contribution in [-0.4, -0.2) is 7.11 Å². The van der Waals surface area contributed by atoms with Crippen LogP contribution in [0.5, 0.6) is 5.75 Å². The minimum atomic E-state index is -0.743. The standard InChI is InChI=1S/C8H7F2O/c1-5-6(9)3-4-7(11-2)8(5)10/h3-4H,1H2,2H3. The summed E-state index contributed by atoms with van der Waals surface area (Å²) in [7, 11) is 1.32. The van der Waals surface area contributed by atoms with E-state index in [1.54, 1.807) is 0 Å². The molecular weight excluding hydrogens is 150 g/mol. The molecule has 0 bridgehead atoms. The summed E-state index contributed by atoms with van der Waals surface area (Å²) in [5, 5.41) is 0. The highest BCUT2D eigenvalue weighted by Gasteiger charge is 2.08. The fraction of sp³-hybridized carbons (Fsp3) is 0.125. The van der Waals surface area contributed by atoms with Gasteiger partial charge in [0, 0.05) is 5.56 Å². The highest BCUT2D eigenvalue weighted by Crippen LogP contribution is 2.21. The Balaban J connectivity index is 3.25. The quantitative estimate of drug-likeness (QED) is 0.607. The number of benzene rings is 1. The van der Waals surface area contributed by atoms with Gasteiger partial charge in [0.1, 0.15) is 5.82 Å². The van der Waals surface area contributed by atoms with E-state index in [4.69, 9.17) is 0 Å². The number of methoxy groups -OCH3 is 1. The van der Waals surface area contributed by atoms with Crippen LogP contribution in [0.1, 0.15) is 5.56 Å². The normalized spacial score (nSPS) is 9.82. The van der Waals surface area contributed by atoms with Crippen molar-refractivity contribution in [1.82, 2.24) is 0 Å². The maximum atomic E-state index is 12.8. The molecule has 3 heteroatoms. The summed E-state index contributed by atoms with van der Waals surface area (Å²) in [4.78, 5) is 0. The van der Waals surface area contributed by atoms with Gasteiger partial charge in [-0.05, 0) is 19.1 Å². The number of ether oxygens (including phenoxy) is 1. The van der Waals surface area contributed by atoms with E-state index >= 15 is 0 Å². The highest BCUT2D eigenvalue weighted by atomic mass is 19.1. The van der Waals surface area contributed by atoms with E-state index in [1.165, 1.54) is 13.2 Å². The van der Waals surface area contributed by atoms with Crippen molar-refractivity contribution in [1.29, 1.82) is 0 Å². The van der Waals surface area contributed by atoms with Crippen molar-refractivity contribution in [2.75, 3.05) is 7.11 Å². The Labute approximate surface area is 63.6 Å². The fourth-order valence-corrected chi connectivity index (χ4v) is 0.734. The van der Waals surface area contributed by atoms with Crippen molar-refractivity contribution in [3.63, 3.8) is 0 Å². The maximum Gasteiger partial charge on any atom is 0.171 e. The van der Waals surface area contributed by atoms with Gasteiger partial charge < -0.3 is 4.74 Å². The van der Waals surface area contributed by atoms with Crippen molar-refractivity contribution >= 4 is 0 Å². The lowest BCUT2D eigenvalue weighted by molar-refractivity contribution is 0.383. The van der Waals surface area contributed by atoms with Gasteiger partial charge in [-0.15, -0.1) is 0 Å². The summed E-state index contributed by atoms with van der Waals surface area (Å²) in [5.74, 6) is -1.40. The van der Waals surface area contributed by atoms with Crippen LogP contribution in [0.15, 0.2) is 12.1 Å². The first-order valence-electron chi connectivity index (χ1n) is 3.00. The lowest BCUT2D eigenvalue weighted by Crippen LogP contribution is -1.93. The van der Waals surface area contributed by atoms with Gasteiger partial charge in [0.2, 0.25) is 0 Å². The molecule has 0 saturated carbocycles. The second kappa shape index (κ2) is 2.86. The van der Waals surface area contributed by atoms with Crippen LogP contribution in [0.3, 0.4) is 0 Å². The van der Waals surface area contributed by atoms with Gasteiger partial charge >= 0.3 is 0 Å². The first-order valence-corrected chi connectivity index (χ1v) is 3.00. The minimum Gasteiger partial charge on any atom is -0.494 e. The van der Waals surface area contributed by atoms with E-state index in [9.17, 15) is 8.78 Å².